The number of hydrogen-bond donors (Lipinski definition) is 0. The molecule has 0 bridgehead atoms. The molecule has 0 fully saturated rings. The van der Waals surface area contributed by atoms with Gasteiger partial charge in [-0.3, -0.25) is 4.79 Å². The van der Waals surface area contributed by atoms with Crippen LogP contribution in [0.3, 0.4) is 0 Å². The fourth-order valence-corrected chi connectivity index (χ4v) is 3.99. The molecular weight excluding hydrogens is 470 g/mol. The first-order valence-corrected chi connectivity index (χ1v) is 11.6. The Morgan fingerprint density at radius 2 is 1.17 bits per heavy atom. The predicted molar refractivity (Wildman–Crippen MR) is 131 cm³/mol. The van der Waals surface area contributed by atoms with Gasteiger partial charge in [-0.25, -0.2) is 0 Å². The molecule has 9 nitrogen and oxygen atoms in total. The van der Waals surface area contributed by atoms with Gasteiger partial charge in [0.15, 0.2) is 24.4 Å². The second-order valence-electron chi connectivity index (χ2n) is 7.05. The zero-order valence-corrected chi connectivity index (χ0v) is 22.8. The molecule has 4 atom stereocenters. The maximum absolute atomic E-state index is 13.5. The molecule has 2 rings (SSSR count). The molecule has 0 aliphatic rings. The molecular formula is C24H34LiO9P. The standard InChI is InChI=1S/C24H33O9P.Li.H/c1-14(26-4)31-17-12-20(32-15(2)27-5)23(21(13-17)33-16(3)28-6)34-24(25)22-18(29-7)10-9-11-19(22)30-8;;/h9-16,34H,1-8H3;;/q;+1;-1. The number of carbonyl (C=O) groups excluding carboxylic acids is 1. The summed E-state index contributed by atoms with van der Waals surface area (Å²) in [6.07, 6.45) is -1.71. The summed E-state index contributed by atoms with van der Waals surface area (Å²) in [5.41, 5.74) is 0.105. The molecule has 0 radical (unpaired) electrons. The second-order valence-corrected chi connectivity index (χ2v) is 8.25. The van der Waals surface area contributed by atoms with Crippen LogP contribution in [0.25, 0.3) is 0 Å². The third-order valence-corrected chi connectivity index (χ3v) is 6.04. The molecule has 0 heterocycles. The van der Waals surface area contributed by atoms with Gasteiger partial charge in [-0.2, -0.15) is 0 Å². The van der Waals surface area contributed by atoms with E-state index in [-0.39, 0.29) is 25.8 Å². The quantitative estimate of drug-likeness (QED) is 0.213. The van der Waals surface area contributed by atoms with Gasteiger partial charge in [0, 0.05) is 33.5 Å². The zero-order valence-electron chi connectivity index (χ0n) is 22.8. The van der Waals surface area contributed by atoms with Crippen LogP contribution in [-0.2, 0) is 14.2 Å². The molecule has 0 N–H and O–H groups in total. The van der Waals surface area contributed by atoms with Crippen molar-refractivity contribution < 1.29 is 63.0 Å². The van der Waals surface area contributed by atoms with Gasteiger partial charge in [0.2, 0.25) is 0 Å². The first-order chi connectivity index (χ1) is 16.3. The Balaban J connectivity index is 0.00000612. The van der Waals surface area contributed by atoms with Crippen molar-refractivity contribution in [2.45, 2.75) is 39.6 Å². The van der Waals surface area contributed by atoms with E-state index in [1.165, 1.54) is 35.5 Å². The summed E-state index contributed by atoms with van der Waals surface area (Å²) in [4.78, 5) is 13.5. The van der Waals surface area contributed by atoms with Crippen LogP contribution in [0, 0.1) is 0 Å². The predicted octanol–water partition coefficient (Wildman–Crippen LogP) is 1.08. The molecule has 2 aromatic rings. The molecule has 0 spiro atoms. The molecule has 0 aliphatic carbocycles. The molecule has 0 aliphatic heterocycles. The Morgan fingerprint density at radius 3 is 1.57 bits per heavy atom. The van der Waals surface area contributed by atoms with Crippen molar-refractivity contribution >= 4 is 19.4 Å². The minimum atomic E-state index is -0.595. The van der Waals surface area contributed by atoms with Gasteiger partial charge < -0.3 is 39.3 Å². The fourth-order valence-electron chi connectivity index (χ4n) is 2.89. The average molecular weight is 504 g/mol. The van der Waals surface area contributed by atoms with Crippen LogP contribution < -0.4 is 47.8 Å². The number of methoxy groups -OCH3 is 5. The van der Waals surface area contributed by atoms with Gasteiger partial charge in [0.1, 0.15) is 34.3 Å². The summed E-state index contributed by atoms with van der Waals surface area (Å²) in [5.74, 6) is 1.99. The molecule has 190 valence electrons. The molecule has 11 heteroatoms. The summed E-state index contributed by atoms with van der Waals surface area (Å²) in [5, 5.41) is 0.517. The normalized spacial score (nSPS) is 13.5. The van der Waals surface area contributed by atoms with E-state index in [9.17, 15) is 4.79 Å². The number of carbonyl (C=O) groups is 1. The van der Waals surface area contributed by atoms with Crippen LogP contribution in [0.15, 0.2) is 30.3 Å². The number of hydrogen-bond acceptors (Lipinski definition) is 9. The van der Waals surface area contributed by atoms with Crippen LogP contribution in [0.4, 0.5) is 0 Å². The van der Waals surface area contributed by atoms with Crippen molar-refractivity contribution in [3.05, 3.63) is 35.9 Å². The minimum absolute atomic E-state index is 0. The van der Waals surface area contributed by atoms with E-state index in [4.69, 9.17) is 37.9 Å². The summed E-state index contributed by atoms with van der Waals surface area (Å²) in [7, 11) is 7.18. The van der Waals surface area contributed by atoms with Crippen LogP contribution in [0.5, 0.6) is 28.7 Å². The third-order valence-electron chi connectivity index (χ3n) is 4.82. The Bertz CT molecular complexity index is 908. The molecule has 35 heavy (non-hydrogen) atoms. The van der Waals surface area contributed by atoms with E-state index in [0.717, 1.165) is 0 Å². The zero-order chi connectivity index (χ0) is 25.3. The summed E-state index contributed by atoms with van der Waals surface area (Å²) in [6.45, 7) is 5.23. The van der Waals surface area contributed by atoms with E-state index < -0.39 is 27.5 Å². The number of benzene rings is 2. The molecule has 0 saturated heterocycles. The smallest absolute Gasteiger partial charge is 1.00 e. The SMILES string of the molecule is COc1cccc(OC)c1C(=O)Pc1c(OC(C)OC)cc(OC(C)OC)cc1OC(C)OC.[H-].[Li+]. The third kappa shape index (κ3) is 8.57. The topological polar surface area (TPSA) is 90.9 Å². The van der Waals surface area contributed by atoms with Gasteiger partial charge >= 0.3 is 18.9 Å². The maximum Gasteiger partial charge on any atom is 1.00 e. The Morgan fingerprint density at radius 1 is 0.743 bits per heavy atom. The molecule has 4 unspecified atom stereocenters. The molecule has 0 amide bonds. The summed E-state index contributed by atoms with van der Waals surface area (Å²) in [6, 6.07) is 8.51. The van der Waals surface area contributed by atoms with Crippen molar-refractivity contribution in [3.8, 4) is 28.7 Å². The summed E-state index contributed by atoms with van der Waals surface area (Å²) < 4.78 is 44.4. The monoisotopic (exact) mass is 504 g/mol. The van der Waals surface area contributed by atoms with E-state index >= 15 is 0 Å². The maximum atomic E-state index is 13.5. The number of rotatable bonds is 14. The van der Waals surface area contributed by atoms with Crippen LogP contribution in [-0.4, -0.2) is 59.9 Å². The van der Waals surface area contributed by atoms with Crippen molar-refractivity contribution in [1.82, 2.24) is 0 Å². The van der Waals surface area contributed by atoms with E-state index in [0.29, 0.717) is 39.6 Å². The van der Waals surface area contributed by atoms with Gasteiger partial charge in [-0.05, 0) is 41.5 Å². The Labute approximate surface area is 222 Å². The summed E-state index contributed by atoms with van der Waals surface area (Å²) >= 11 is 0. The minimum Gasteiger partial charge on any atom is -1.00 e. The van der Waals surface area contributed by atoms with Crippen LogP contribution in [0.1, 0.15) is 32.6 Å². The Kier molecular flexibility index (Phi) is 13.5. The van der Waals surface area contributed by atoms with Crippen molar-refractivity contribution in [2.24, 2.45) is 0 Å². The van der Waals surface area contributed by atoms with Gasteiger partial charge in [0.05, 0.1) is 19.5 Å². The Hall–Kier alpha value is -1.98. The van der Waals surface area contributed by atoms with Crippen LogP contribution in [0.2, 0.25) is 0 Å². The van der Waals surface area contributed by atoms with Crippen molar-refractivity contribution in [2.75, 3.05) is 35.5 Å². The first kappa shape index (κ1) is 31.0. The first-order valence-electron chi connectivity index (χ1n) is 10.6. The molecule has 2 aromatic carbocycles. The van der Waals surface area contributed by atoms with Gasteiger partial charge in [0.25, 0.3) is 0 Å². The second kappa shape index (κ2) is 15.2. The van der Waals surface area contributed by atoms with Gasteiger partial charge in [-0.1, -0.05) is 6.07 Å². The van der Waals surface area contributed by atoms with E-state index in [1.54, 1.807) is 51.1 Å². The van der Waals surface area contributed by atoms with Gasteiger partial charge in [-0.15, -0.1) is 0 Å². The van der Waals surface area contributed by atoms with Crippen LogP contribution >= 0.6 is 8.58 Å². The average Bonchev–Trinajstić information content (AvgIpc) is 2.84. The van der Waals surface area contributed by atoms with Crippen molar-refractivity contribution in [1.29, 1.82) is 0 Å². The van der Waals surface area contributed by atoms with E-state index in [2.05, 4.69) is 0 Å². The fraction of sp³-hybridized carbons (Fsp3) is 0.458. The van der Waals surface area contributed by atoms with E-state index in [1.807, 2.05) is 0 Å². The largest absolute Gasteiger partial charge is 1.00 e. The molecule has 0 saturated carbocycles. The van der Waals surface area contributed by atoms with Crippen molar-refractivity contribution in [3.63, 3.8) is 0 Å². The number of ether oxygens (including phenoxy) is 8. The molecule has 0 aromatic heterocycles.